The standard InChI is InChI=1S/C20H25NO3/c1-4-21(5-2)20(22)17-12-13-18(19(14-17)23-6-3)24-15-16-10-8-7-9-11-16/h7-14H,4-6,15H2,1-3H3. The number of amides is 1. The first-order valence-electron chi connectivity index (χ1n) is 8.42. The number of hydrogen-bond acceptors (Lipinski definition) is 3. The van der Waals surface area contributed by atoms with Crippen LogP contribution in [0.1, 0.15) is 36.7 Å². The van der Waals surface area contributed by atoms with E-state index in [4.69, 9.17) is 9.47 Å². The normalized spacial score (nSPS) is 10.3. The van der Waals surface area contributed by atoms with Gasteiger partial charge in [0.2, 0.25) is 0 Å². The largest absolute Gasteiger partial charge is 0.490 e. The lowest BCUT2D eigenvalue weighted by Crippen LogP contribution is -2.30. The van der Waals surface area contributed by atoms with E-state index in [0.717, 1.165) is 5.56 Å². The van der Waals surface area contributed by atoms with Crippen molar-refractivity contribution >= 4 is 5.91 Å². The highest BCUT2D eigenvalue weighted by Crippen LogP contribution is 2.29. The average Bonchev–Trinajstić information content (AvgIpc) is 2.62. The molecule has 0 heterocycles. The molecule has 4 nitrogen and oxygen atoms in total. The predicted octanol–water partition coefficient (Wildman–Crippen LogP) is 4.15. The molecular formula is C20H25NO3. The molecule has 0 N–H and O–H groups in total. The van der Waals surface area contributed by atoms with E-state index in [2.05, 4.69) is 0 Å². The Labute approximate surface area is 144 Å². The summed E-state index contributed by atoms with van der Waals surface area (Å²) in [6, 6.07) is 15.3. The van der Waals surface area contributed by atoms with Crippen molar-refractivity contribution in [2.24, 2.45) is 0 Å². The fourth-order valence-electron chi connectivity index (χ4n) is 2.46. The molecule has 0 spiro atoms. The van der Waals surface area contributed by atoms with Crippen LogP contribution in [0, 0.1) is 0 Å². The van der Waals surface area contributed by atoms with E-state index < -0.39 is 0 Å². The molecule has 0 aliphatic carbocycles. The summed E-state index contributed by atoms with van der Waals surface area (Å²) in [5, 5.41) is 0. The molecule has 0 aliphatic rings. The third-order valence-corrected chi connectivity index (χ3v) is 3.78. The molecule has 0 fully saturated rings. The molecule has 0 aromatic heterocycles. The van der Waals surface area contributed by atoms with Gasteiger partial charge in [-0.15, -0.1) is 0 Å². The molecule has 0 bridgehead atoms. The van der Waals surface area contributed by atoms with Crippen LogP contribution >= 0.6 is 0 Å². The van der Waals surface area contributed by atoms with E-state index in [1.165, 1.54) is 0 Å². The lowest BCUT2D eigenvalue weighted by molar-refractivity contribution is 0.0772. The highest BCUT2D eigenvalue weighted by molar-refractivity contribution is 5.94. The van der Waals surface area contributed by atoms with Crippen molar-refractivity contribution in [2.45, 2.75) is 27.4 Å². The zero-order chi connectivity index (χ0) is 17.4. The molecule has 0 unspecified atom stereocenters. The van der Waals surface area contributed by atoms with Gasteiger partial charge in [-0.1, -0.05) is 30.3 Å². The van der Waals surface area contributed by atoms with Crippen LogP contribution in [0.5, 0.6) is 11.5 Å². The van der Waals surface area contributed by atoms with Crippen LogP contribution in [0.15, 0.2) is 48.5 Å². The topological polar surface area (TPSA) is 38.8 Å². The number of carbonyl (C=O) groups is 1. The van der Waals surface area contributed by atoms with Gasteiger partial charge in [0.1, 0.15) is 6.61 Å². The molecule has 0 atom stereocenters. The van der Waals surface area contributed by atoms with Crippen molar-refractivity contribution in [3.05, 3.63) is 59.7 Å². The van der Waals surface area contributed by atoms with Gasteiger partial charge in [0, 0.05) is 18.7 Å². The van der Waals surface area contributed by atoms with Gasteiger partial charge in [-0.25, -0.2) is 0 Å². The summed E-state index contributed by atoms with van der Waals surface area (Å²) >= 11 is 0. The average molecular weight is 327 g/mol. The molecule has 2 aromatic rings. The van der Waals surface area contributed by atoms with Crippen LogP contribution in [0.25, 0.3) is 0 Å². The molecule has 128 valence electrons. The summed E-state index contributed by atoms with van der Waals surface area (Å²) in [7, 11) is 0. The first-order valence-corrected chi connectivity index (χ1v) is 8.42. The first-order chi connectivity index (χ1) is 11.7. The molecule has 2 aromatic carbocycles. The molecule has 0 radical (unpaired) electrons. The van der Waals surface area contributed by atoms with Gasteiger partial charge in [0.25, 0.3) is 5.91 Å². The maximum Gasteiger partial charge on any atom is 0.253 e. The summed E-state index contributed by atoms with van der Waals surface area (Å²) in [6.07, 6.45) is 0. The van der Waals surface area contributed by atoms with Crippen molar-refractivity contribution in [1.29, 1.82) is 0 Å². The van der Waals surface area contributed by atoms with Gasteiger partial charge >= 0.3 is 0 Å². The Balaban J connectivity index is 2.18. The third kappa shape index (κ3) is 4.51. The third-order valence-electron chi connectivity index (χ3n) is 3.78. The Kier molecular flexibility index (Phi) is 6.67. The number of ether oxygens (including phenoxy) is 2. The fourth-order valence-corrected chi connectivity index (χ4v) is 2.46. The summed E-state index contributed by atoms with van der Waals surface area (Å²) < 4.78 is 11.5. The highest BCUT2D eigenvalue weighted by Gasteiger charge is 2.15. The second-order valence-electron chi connectivity index (χ2n) is 5.35. The van der Waals surface area contributed by atoms with Gasteiger partial charge in [-0.3, -0.25) is 4.79 Å². The maximum absolute atomic E-state index is 12.5. The smallest absolute Gasteiger partial charge is 0.253 e. The van der Waals surface area contributed by atoms with Crippen molar-refractivity contribution in [3.8, 4) is 11.5 Å². The van der Waals surface area contributed by atoms with E-state index in [9.17, 15) is 4.79 Å². The second-order valence-corrected chi connectivity index (χ2v) is 5.35. The van der Waals surface area contributed by atoms with Gasteiger partial charge in [-0.2, -0.15) is 0 Å². The van der Waals surface area contributed by atoms with E-state index in [1.54, 1.807) is 17.0 Å². The number of rotatable bonds is 8. The summed E-state index contributed by atoms with van der Waals surface area (Å²) in [5.41, 5.74) is 1.71. The summed E-state index contributed by atoms with van der Waals surface area (Å²) in [5.74, 6) is 1.26. The molecule has 2 rings (SSSR count). The molecule has 0 saturated carbocycles. The number of nitrogens with zero attached hydrogens (tertiary/aromatic N) is 1. The summed E-state index contributed by atoms with van der Waals surface area (Å²) in [6.45, 7) is 8.22. The number of hydrogen-bond donors (Lipinski definition) is 0. The van der Waals surface area contributed by atoms with Gasteiger partial charge < -0.3 is 14.4 Å². The number of carbonyl (C=O) groups excluding carboxylic acids is 1. The van der Waals surface area contributed by atoms with Crippen molar-refractivity contribution in [2.75, 3.05) is 19.7 Å². The SMILES string of the molecule is CCOc1cc(C(=O)N(CC)CC)ccc1OCc1ccccc1. The Morgan fingerprint density at radius 1 is 0.917 bits per heavy atom. The van der Waals surface area contributed by atoms with E-state index in [1.807, 2.05) is 57.2 Å². The van der Waals surface area contributed by atoms with Crippen molar-refractivity contribution < 1.29 is 14.3 Å². The molecule has 0 aliphatic heterocycles. The van der Waals surface area contributed by atoms with E-state index in [-0.39, 0.29) is 5.91 Å². The molecule has 1 amide bonds. The molecule has 4 heteroatoms. The zero-order valence-electron chi connectivity index (χ0n) is 14.6. The van der Waals surface area contributed by atoms with Gasteiger partial charge in [0.15, 0.2) is 11.5 Å². The quantitative estimate of drug-likeness (QED) is 0.731. The van der Waals surface area contributed by atoms with Gasteiger partial charge in [0.05, 0.1) is 6.61 Å². The van der Waals surface area contributed by atoms with Crippen molar-refractivity contribution in [3.63, 3.8) is 0 Å². The number of benzene rings is 2. The van der Waals surface area contributed by atoms with Crippen LogP contribution < -0.4 is 9.47 Å². The lowest BCUT2D eigenvalue weighted by atomic mass is 10.1. The zero-order valence-corrected chi connectivity index (χ0v) is 14.6. The van der Waals surface area contributed by atoms with E-state index in [0.29, 0.717) is 43.4 Å². The Morgan fingerprint density at radius 3 is 2.25 bits per heavy atom. The van der Waals surface area contributed by atoms with Crippen LogP contribution in [0.2, 0.25) is 0 Å². The van der Waals surface area contributed by atoms with Crippen LogP contribution in [0.4, 0.5) is 0 Å². The fraction of sp³-hybridized carbons (Fsp3) is 0.350. The first kappa shape index (κ1) is 17.9. The molecule has 0 saturated heterocycles. The van der Waals surface area contributed by atoms with E-state index >= 15 is 0 Å². The minimum absolute atomic E-state index is 0.00978. The van der Waals surface area contributed by atoms with Gasteiger partial charge in [-0.05, 0) is 44.5 Å². The minimum atomic E-state index is 0.00978. The molecule has 24 heavy (non-hydrogen) atoms. The van der Waals surface area contributed by atoms with Crippen LogP contribution in [-0.4, -0.2) is 30.5 Å². The van der Waals surface area contributed by atoms with Crippen LogP contribution in [0.3, 0.4) is 0 Å². The lowest BCUT2D eigenvalue weighted by Gasteiger charge is -2.19. The van der Waals surface area contributed by atoms with Crippen molar-refractivity contribution in [1.82, 2.24) is 4.90 Å². The predicted molar refractivity (Wildman–Crippen MR) is 95.6 cm³/mol. The Hall–Kier alpha value is -2.49. The monoisotopic (exact) mass is 327 g/mol. The second kappa shape index (κ2) is 8.96. The highest BCUT2D eigenvalue weighted by atomic mass is 16.5. The van der Waals surface area contributed by atoms with Crippen LogP contribution in [-0.2, 0) is 6.61 Å². The summed E-state index contributed by atoms with van der Waals surface area (Å²) in [4.78, 5) is 14.3. The maximum atomic E-state index is 12.5. The Bertz CT molecular complexity index is 651. The minimum Gasteiger partial charge on any atom is -0.490 e. The Morgan fingerprint density at radius 2 is 1.62 bits per heavy atom. The molecular weight excluding hydrogens is 302 g/mol.